The van der Waals surface area contributed by atoms with Crippen molar-refractivity contribution >= 4 is 0 Å². The van der Waals surface area contributed by atoms with Crippen LogP contribution in [0, 0.1) is 6.92 Å². The third-order valence-electron chi connectivity index (χ3n) is 1.33. The van der Waals surface area contributed by atoms with Crippen LogP contribution in [0.25, 0.3) is 0 Å². The highest BCUT2D eigenvalue weighted by molar-refractivity contribution is 4.62. The maximum Gasteiger partial charge on any atom is 0.00644 e. The first-order valence-corrected chi connectivity index (χ1v) is 3.21. The van der Waals surface area contributed by atoms with Crippen molar-refractivity contribution in [1.29, 1.82) is 0 Å². The van der Waals surface area contributed by atoms with Gasteiger partial charge in [-0.15, -0.1) is 0 Å². The van der Waals surface area contributed by atoms with E-state index >= 15 is 0 Å². The quantitative estimate of drug-likeness (QED) is 0.538. The van der Waals surface area contributed by atoms with Crippen LogP contribution in [0.2, 0.25) is 0 Å². The van der Waals surface area contributed by atoms with Gasteiger partial charge in [0.25, 0.3) is 0 Å². The van der Waals surface area contributed by atoms with Crippen molar-refractivity contribution in [2.24, 2.45) is 0 Å². The monoisotopic (exact) mass is 114 g/mol. The molecule has 49 valence electrons. The SMILES string of the molecule is [CH2]C(C)N(C)CCC. The summed E-state index contributed by atoms with van der Waals surface area (Å²) >= 11 is 0. The Morgan fingerprint density at radius 2 is 2.12 bits per heavy atom. The molecule has 1 heteroatoms. The normalized spacial score (nSPS) is 11.2. The minimum atomic E-state index is 0.454. The Bertz CT molecular complexity index is 50.3. The lowest BCUT2D eigenvalue weighted by molar-refractivity contribution is 0.296. The zero-order valence-corrected chi connectivity index (χ0v) is 6.15. The molecule has 0 aromatic heterocycles. The van der Waals surface area contributed by atoms with E-state index in [1.54, 1.807) is 0 Å². The van der Waals surface area contributed by atoms with Crippen LogP contribution < -0.4 is 0 Å². The van der Waals surface area contributed by atoms with E-state index in [9.17, 15) is 0 Å². The Morgan fingerprint density at radius 1 is 1.62 bits per heavy atom. The van der Waals surface area contributed by atoms with Crippen LogP contribution in [0.3, 0.4) is 0 Å². The topological polar surface area (TPSA) is 3.24 Å². The van der Waals surface area contributed by atoms with Gasteiger partial charge in [-0.2, -0.15) is 0 Å². The summed E-state index contributed by atoms with van der Waals surface area (Å²) in [4.78, 5) is 2.24. The predicted molar refractivity (Wildman–Crippen MR) is 37.7 cm³/mol. The summed E-state index contributed by atoms with van der Waals surface area (Å²) in [5.74, 6) is 0. The van der Waals surface area contributed by atoms with Crippen molar-refractivity contribution in [3.63, 3.8) is 0 Å². The molecule has 0 bridgehead atoms. The van der Waals surface area contributed by atoms with E-state index in [2.05, 4.69) is 32.7 Å². The van der Waals surface area contributed by atoms with Gasteiger partial charge in [0.05, 0.1) is 0 Å². The summed E-state index contributed by atoms with van der Waals surface area (Å²) in [6, 6.07) is 0.454. The molecule has 0 aliphatic carbocycles. The number of hydrogen-bond donors (Lipinski definition) is 0. The van der Waals surface area contributed by atoms with Crippen LogP contribution >= 0.6 is 0 Å². The van der Waals surface area contributed by atoms with Crippen molar-refractivity contribution in [3.05, 3.63) is 6.92 Å². The summed E-state index contributed by atoms with van der Waals surface area (Å²) in [7, 11) is 2.10. The molecule has 0 aliphatic rings. The summed E-state index contributed by atoms with van der Waals surface area (Å²) in [6.45, 7) is 9.33. The zero-order chi connectivity index (χ0) is 6.57. The number of hydrogen-bond acceptors (Lipinski definition) is 1. The molecular weight excluding hydrogens is 98.1 g/mol. The van der Waals surface area contributed by atoms with Crippen molar-refractivity contribution in [1.82, 2.24) is 4.90 Å². The molecule has 0 fully saturated rings. The Kier molecular flexibility index (Phi) is 3.88. The Balaban J connectivity index is 3.17. The number of nitrogens with zero attached hydrogens (tertiary/aromatic N) is 1. The first kappa shape index (κ1) is 7.96. The van der Waals surface area contributed by atoms with Gasteiger partial charge < -0.3 is 4.90 Å². The lowest BCUT2D eigenvalue weighted by Crippen LogP contribution is -2.26. The minimum Gasteiger partial charge on any atom is -0.304 e. The number of rotatable bonds is 3. The highest BCUT2D eigenvalue weighted by atomic mass is 15.1. The van der Waals surface area contributed by atoms with E-state index in [0.717, 1.165) is 6.54 Å². The Labute approximate surface area is 52.7 Å². The fourth-order valence-corrected chi connectivity index (χ4v) is 0.573. The molecule has 0 aromatic carbocycles. The predicted octanol–water partition coefficient (Wildman–Crippen LogP) is 1.55. The van der Waals surface area contributed by atoms with Crippen LogP contribution in [0.4, 0.5) is 0 Å². The van der Waals surface area contributed by atoms with Gasteiger partial charge in [0.1, 0.15) is 0 Å². The average Bonchev–Trinajstić information content (AvgIpc) is 1.67. The van der Waals surface area contributed by atoms with E-state index in [1.807, 2.05) is 0 Å². The van der Waals surface area contributed by atoms with E-state index in [-0.39, 0.29) is 0 Å². The summed E-state index contributed by atoms with van der Waals surface area (Å²) < 4.78 is 0. The largest absolute Gasteiger partial charge is 0.304 e. The second kappa shape index (κ2) is 3.90. The van der Waals surface area contributed by atoms with Crippen molar-refractivity contribution < 1.29 is 0 Å². The van der Waals surface area contributed by atoms with Crippen LogP contribution in [0.15, 0.2) is 0 Å². The second-order valence-electron chi connectivity index (χ2n) is 2.33. The van der Waals surface area contributed by atoms with E-state index < -0.39 is 0 Å². The lowest BCUT2D eigenvalue weighted by Gasteiger charge is -2.19. The molecule has 0 rings (SSSR count). The summed E-state index contributed by atoms with van der Waals surface area (Å²) in [6.07, 6.45) is 1.22. The van der Waals surface area contributed by atoms with Crippen molar-refractivity contribution in [3.8, 4) is 0 Å². The molecule has 0 amide bonds. The molecule has 1 atom stereocenters. The van der Waals surface area contributed by atoms with Crippen molar-refractivity contribution in [2.75, 3.05) is 13.6 Å². The second-order valence-corrected chi connectivity index (χ2v) is 2.33. The third kappa shape index (κ3) is 3.03. The van der Waals surface area contributed by atoms with E-state index in [1.165, 1.54) is 6.42 Å². The van der Waals surface area contributed by atoms with Gasteiger partial charge in [0.15, 0.2) is 0 Å². The van der Waals surface area contributed by atoms with Crippen LogP contribution in [-0.4, -0.2) is 24.5 Å². The molecule has 0 spiro atoms. The fraction of sp³-hybridized carbons (Fsp3) is 0.857. The molecule has 0 aliphatic heterocycles. The van der Waals surface area contributed by atoms with Crippen molar-refractivity contribution in [2.45, 2.75) is 26.3 Å². The maximum absolute atomic E-state index is 3.88. The fourth-order valence-electron chi connectivity index (χ4n) is 0.573. The molecular formula is C7H16N. The molecule has 0 aromatic rings. The van der Waals surface area contributed by atoms with Gasteiger partial charge >= 0.3 is 0 Å². The lowest BCUT2D eigenvalue weighted by atomic mass is 10.3. The van der Waals surface area contributed by atoms with Gasteiger partial charge in [0, 0.05) is 6.04 Å². The van der Waals surface area contributed by atoms with Crippen LogP contribution in [0.1, 0.15) is 20.3 Å². The average molecular weight is 114 g/mol. The molecule has 0 heterocycles. The van der Waals surface area contributed by atoms with Crippen LogP contribution in [0.5, 0.6) is 0 Å². The first-order chi connectivity index (χ1) is 3.68. The van der Waals surface area contributed by atoms with Gasteiger partial charge in [-0.25, -0.2) is 0 Å². The molecule has 0 saturated heterocycles. The summed E-state index contributed by atoms with van der Waals surface area (Å²) in [5, 5.41) is 0. The highest BCUT2D eigenvalue weighted by Gasteiger charge is 1.98. The van der Waals surface area contributed by atoms with E-state index in [0.29, 0.717) is 6.04 Å². The van der Waals surface area contributed by atoms with Gasteiger partial charge in [-0.3, -0.25) is 0 Å². The standard InChI is InChI=1S/C7H16N/c1-5-6-8(4)7(2)3/h7H,2,5-6H2,1,3-4H3. The minimum absolute atomic E-state index is 0.454. The Hall–Kier alpha value is -0.0400. The molecule has 0 saturated carbocycles. The molecule has 8 heavy (non-hydrogen) atoms. The molecule has 1 unspecified atom stereocenters. The molecule has 0 N–H and O–H groups in total. The van der Waals surface area contributed by atoms with Crippen LogP contribution in [-0.2, 0) is 0 Å². The first-order valence-electron chi connectivity index (χ1n) is 3.21. The van der Waals surface area contributed by atoms with E-state index in [4.69, 9.17) is 0 Å². The smallest absolute Gasteiger partial charge is 0.00644 e. The Morgan fingerprint density at radius 3 is 2.25 bits per heavy atom. The third-order valence-corrected chi connectivity index (χ3v) is 1.33. The van der Waals surface area contributed by atoms with Gasteiger partial charge in [0.2, 0.25) is 0 Å². The maximum atomic E-state index is 3.88. The van der Waals surface area contributed by atoms with Gasteiger partial charge in [-0.1, -0.05) is 6.92 Å². The molecule has 1 nitrogen and oxygen atoms in total. The highest BCUT2D eigenvalue weighted by Crippen LogP contribution is 1.92. The zero-order valence-electron chi connectivity index (χ0n) is 6.15. The van der Waals surface area contributed by atoms with Gasteiger partial charge in [-0.05, 0) is 33.9 Å². The summed E-state index contributed by atoms with van der Waals surface area (Å²) in [5.41, 5.74) is 0. The molecule has 1 radical (unpaired) electrons.